The second-order valence-corrected chi connectivity index (χ2v) is 9.01. The van der Waals surface area contributed by atoms with Crippen molar-refractivity contribution in [2.75, 3.05) is 4.90 Å². The number of hydrogen-bond donors (Lipinski definition) is 1. The molecule has 0 fully saturated rings. The molecule has 1 aliphatic heterocycles. The molecule has 2 aromatic carbocycles. The monoisotopic (exact) mass is 461 g/mol. The maximum atomic E-state index is 13.3. The molecular formula is C26H23NO5S. The number of ketones is 1. The fourth-order valence-electron chi connectivity index (χ4n) is 3.86. The molecule has 1 N–H and O–H groups in total. The third-order valence-electron chi connectivity index (χ3n) is 5.26. The number of thiophene rings is 1. The van der Waals surface area contributed by atoms with Crippen LogP contribution in [0.2, 0.25) is 0 Å². The first kappa shape index (κ1) is 22.5. The Balaban J connectivity index is 1.84. The number of hydrogen-bond acceptors (Lipinski definition) is 6. The van der Waals surface area contributed by atoms with Crippen LogP contribution in [0.3, 0.4) is 0 Å². The molecule has 1 aliphatic rings. The number of nitrogens with zero attached hydrogens (tertiary/aromatic N) is 1. The number of aliphatic hydroxyl groups is 1. The molecule has 1 atom stereocenters. The Morgan fingerprint density at radius 1 is 1.06 bits per heavy atom. The fourth-order valence-corrected chi connectivity index (χ4v) is 4.54. The highest BCUT2D eigenvalue weighted by Gasteiger charge is 2.45. The molecule has 33 heavy (non-hydrogen) atoms. The minimum atomic E-state index is -0.844. The van der Waals surface area contributed by atoms with Gasteiger partial charge in [-0.1, -0.05) is 42.0 Å². The number of aliphatic hydroxyl groups excluding tert-OH is 1. The van der Waals surface area contributed by atoms with E-state index in [0.717, 1.165) is 5.56 Å². The summed E-state index contributed by atoms with van der Waals surface area (Å²) in [7, 11) is 0. The summed E-state index contributed by atoms with van der Waals surface area (Å²) < 4.78 is 5.28. The minimum absolute atomic E-state index is 0.0169. The van der Waals surface area contributed by atoms with Crippen molar-refractivity contribution in [3.05, 3.63) is 98.9 Å². The lowest BCUT2D eigenvalue weighted by atomic mass is 9.94. The van der Waals surface area contributed by atoms with E-state index < -0.39 is 29.5 Å². The summed E-state index contributed by atoms with van der Waals surface area (Å²) in [6.07, 6.45) is -0.296. The van der Waals surface area contributed by atoms with Gasteiger partial charge in [-0.15, -0.1) is 11.3 Å². The van der Waals surface area contributed by atoms with Crippen molar-refractivity contribution in [2.24, 2.45) is 0 Å². The van der Waals surface area contributed by atoms with E-state index >= 15 is 0 Å². The van der Waals surface area contributed by atoms with Crippen molar-refractivity contribution in [1.82, 2.24) is 0 Å². The van der Waals surface area contributed by atoms with E-state index in [-0.39, 0.29) is 17.2 Å². The number of Topliss-reactive ketones (excluding diaryl/α,β-unsaturated/α-hetero) is 1. The molecule has 0 bridgehead atoms. The van der Waals surface area contributed by atoms with Crippen LogP contribution >= 0.6 is 11.3 Å². The molecule has 1 unspecified atom stereocenters. The SMILES string of the molecule is Cc1cccc(C2C(C(=O)c3cccs3)=C(O)C(=O)N2c2cccc(C(=O)OC(C)C)c2)c1. The molecule has 3 aromatic rings. The Bertz CT molecular complexity index is 1260. The summed E-state index contributed by atoms with van der Waals surface area (Å²) in [5.74, 6) is -2.20. The number of aryl methyl sites for hydroxylation is 1. The van der Waals surface area contributed by atoms with E-state index in [9.17, 15) is 19.5 Å². The first-order valence-corrected chi connectivity index (χ1v) is 11.4. The minimum Gasteiger partial charge on any atom is -0.503 e. The van der Waals surface area contributed by atoms with Gasteiger partial charge in [-0.2, -0.15) is 0 Å². The molecule has 2 heterocycles. The summed E-state index contributed by atoms with van der Waals surface area (Å²) in [6, 6.07) is 16.5. The third kappa shape index (κ3) is 4.32. The number of anilines is 1. The number of rotatable bonds is 6. The summed E-state index contributed by atoms with van der Waals surface area (Å²) in [5.41, 5.74) is 2.30. The maximum absolute atomic E-state index is 13.3. The van der Waals surface area contributed by atoms with Gasteiger partial charge in [0.15, 0.2) is 5.76 Å². The van der Waals surface area contributed by atoms with Crippen LogP contribution in [0.25, 0.3) is 0 Å². The van der Waals surface area contributed by atoms with Crippen molar-refractivity contribution in [2.45, 2.75) is 32.9 Å². The lowest BCUT2D eigenvalue weighted by molar-refractivity contribution is -0.117. The van der Waals surface area contributed by atoms with Crippen LogP contribution in [0.4, 0.5) is 5.69 Å². The van der Waals surface area contributed by atoms with Crippen molar-refractivity contribution in [1.29, 1.82) is 0 Å². The molecular weight excluding hydrogens is 438 g/mol. The van der Waals surface area contributed by atoms with E-state index in [1.807, 2.05) is 31.2 Å². The first-order chi connectivity index (χ1) is 15.8. The van der Waals surface area contributed by atoms with Gasteiger partial charge in [0, 0.05) is 5.69 Å². The van der Waals surface area contributed by atoms with Gasteiger partial charge >= 0.3 is 5.97 Å². The maximum Gasteiger partial charge on any atom is 0.338 e. The zero-order valence-corrected chi connectivity index (χ0v) is 19.3. The van der Waals surface area contributed by atoms with Gasteiger partial charge < -0.3 is 9.84 Å². The van der Waals surface area contributed by atoms with Crippen molar-refractivity contribution in [3.63, 3.8) is 0 Å². The van der Waals surface area contributed by atoms with E-state index in [1.54, 1.807) is 49.6 Å². The standard InChI is InChI=1S/C26H23NO5S/c1-15(2)32-26(31)18-9-5-10-19(14-18)27-22(17-8-4-7-16(3)13-17)21(24(29)25(27)30)23(28)20-11-6-12-33-20/h4-15,22,29H,1-3H3. The fraction of sp³-hybridized carbons (Fsp3) is 0.192. The first-order valence-electron chi connectivity index (χ1n) is 10.5. The highest BCUT2D eigenvalue weighted by Crippen LogP contribution is 2.42. The van der Waals surface area contributed by atoms with Gasteiger partial charge in [-0.3, -0.25) is 14.5 Å². The molecule has 1 amide bonds. The van der Waals surface area contributed by atoms with Gasteiger partial charge in [-0.25, -0.2) is 4.79 Å². The number of benzene rings is 2. The molecule has 7 heteroatoms. The largest absolute Gasteiger partial charge is 0.503 e. The lowest BCUT2D eigenvalue weighted by Crippen LogP contribution is -2.31. The number of ether oxygens (including phenoxy) is 1. The molecule has 0 spiro atoms. The smallest absolute Gasteiger partial charge is 0.338 e. The lowest BCUT2D eigenvalue weighted by Gasteiger charge is -2.27. The average Bonchev–Trinajstić information content (AvgIpc) is 3.40. The zero-order chi connectivity index (χ0) is 23.7. The van der Waals surface area contributed by atoms with Crippen molar-refractivity contribution in [3.8, 4) is 0 Å². The Kier molecular flexibility index (Phi) is 6.16. The predicted molar refractivity (Wildman–Crippen MR) is 127 cm³/mol. The van der Waals surface area contributed by atoms with Gasteiger partial charge in [0.25, 0.3) is 5.91 Å². The van der Waals surface area contributed by atoms with E-state index in [1.165, 1.54) is 22.3 Å². The molecule has 6 nitrogen and oxygen atoms in total. The van der Waals surface area contributed by atoms with Crippen LogP contribution in [0.5, 0.6) is 0 Å². The van der Waals surface area contributed by atoms with Crippen LogP contribution in [-0.2, 0) is 9.53 Å². The van der Waals surface area contributed by atoms with Gasteiger partial charge in [0.2, 0.25) is 5.78 Å². The highest BCUT2D eigenvalue weighted by molar-refractivity contribution is 7.12. The third-order valence-corrected chi connectivity index (χ3v) is 6.13. The second kappa shape index (κ2) is 9.03. The zero-order valence-electron chi connectivity index (χ0n) is 18.4. The molecule has 0 saturated heterocycles. The molecule has 0 radical (unpaired) electrons. The number of carbonyl (C=O) groups excluding carboxylic acids is 3. The van der Waals surface area contributed by atoms with Crippen LogP contribution in [0.15, 0.2) is 77.4 Å². The van der Waals surface area contributed by atoms with Crippen LogP contribution in [-0.4, -0.2) is 28.9 Å². The van der Waals surface area contributed by atoms with Crippen LogP contribution < -0.4 is 4.90 Å². The van der Waals surface area contributed by atoms with Gasteiger partial charge in [-0.05, 0) is 56.0 Å². The average molecular weight is 462 g/mol. The summed E-state index contributed by atoms with van der Waals surface area (Å²) in [6.45, 7) is 5.42. The highest BCUT2D eigenvalue weighted by atomic mass is 32.1. The van der Waals surface area contributed by atoms with E-state index in [2.05, 4.69) is 0 Å². The van der Waals surface area contributed by atoms with Crippen LogP contribution in [0, 0.1) is 6.92 Å². The summed E-state index contributed by atoms with van der Waals surface area (Å²) in [4.78, 5) is 40.9. The summed E-state index contributed by atoms with van der Waals surface area (Å²) >= 11 is 1.24. The Labute approximate surface area is 195 Å². The molecule has 0 aliphatic carbocycles. The number of esters is 1. The normalized spacial score (nSPS) is 15.9. The van der Waals surface area contributed by atoms with Gasteiger partial charge in [0.1, 0.15) is 0 Å². The Hall–Kier alpha value is -3.71. The molecule has 1 aromatic heterocycles. The molecule has 0 saturated carbocycles. The Morgan fingerprint density at radius 2 is 1.82 bits per heavy atom. The number of amides is 1. The Morgan fingerprint density at radius 3 is 2.48 bits per heavy atom. The van der Waals surface area contributed by atoms with Crippen molar-refractivity contribution < 1.29 is 24.2 Å². The van der Waals surface area contributed by atoms with E-state index in [0.29, 0.717) is 16.1 Å². The molecule has 4 rings (SSSR count). The second-order valence-electron chi connectivity index (χ2n) is 8.06. The van der Waals surface area contributed by atoms with Crippen molar-refractivity contribution >= 4 is 34.7 Å². The van der Waals surface area contributed by atoms with Crippen LogP contribution in [0.1, 0.15) is 51.0 Å². The summed E-state index contributed by atoms with van der Waals surface area (Å²) in [5, 5.41) is 12.6. The number of carbonyl (C=O) groups is 3. The van der Waals surface area contributed by atoms with E-state index in [4.69, 9.17) is 4.74 Å². The molecule has 168 valence electrons. The topological polar surface area (TPSA) is 83.9 Å². The van der Waals surface area contributed by atoms with Gasteiger partial charge in [0.05, 0.1) is 28.2 Å². The predicted octanol–water partition coefficient (Wildman–Crippen LogP) is 5.40. The quantitative estimate of drug-likeness (QED) is 0.392.